The molecule has 0 unspecified atom stereocenters. The van der Waals surface area contributed by atoms with Gasteiger partial charge in [-0.05, 0) is 51.0 Å². The van der Waals surface area contributed by atoms with Crippen LogP contribution in [-0.4, -0.2) is 43.6 Å². The first-order valence-electron chi connectivity index (χ1n) is 6.80. The first-order valence-corrected chi connectivity index (χ1v) is 6.80. The lowest BCUT2D eigenvalue weighted by Crippen LogP contribution is -2.36. The predicted molar refractivity (Wildman–Crippen MR) is 72.7 cm³/mol. The van der Waals surface area contributed by atoms with Gasteiger partial charge in [0.05, 0.1) is 5.56 Å². The lowest BCUT2D eigenvalue weighted by atomic mass is 9.96. The number of piperidine rings is 1. The molecular formula is C14H20F3N3. The maximum atomic E-state index is 13.0. The molecule has 0 spiro atoms. The van der Waals surface area contributed by atoms with Gasteiger partial charge in [-0.3, -0.25) is 0 Å². The number of rotatable bonds is 3. The van der Waals surface area contributed by atoms with Crippen molar-refractivity contribution in [3.05, 3.63) is 23.9 Å². The maximum Gasteiger partial charge on any atom is 0.419 e. The minimum atomic E-state index is -4.36. The number of pyridine rings is 1. The summed E-state index contributed by atoms with van der Waals surface area (Å²) in [7, 11) is 3.76. The molecule has 3 nitrogen and oxygen atoms in total. The average molecular weight is 287 g/mol. The van der Waals surface area contributed by atoms with Crippen LogP contribution in [0, 0.1) is 5.92 Å². The molecule has 112 valence electrons. The second kappa shape index (κ2) is 5.99. The van der Waals surface area contributed by atoms with Crippen molar-refractivity contribution in [1.29, 1.82) is 0 Å². The molecule has 0 N–H and O–H groups in total. The van der Waals surface area contributed by atoms with E-state index in [2.05, 4.69) is 16.9 Å². The van der Waals surface area contributed by atoms with Gasteiger partial charge in [0, 0.05) is 19.8 Å². The maximum absolute atomic E-state index is 13.0. The number of hydrogen-bond donors (Lipinski definition) is 0. The molecule has 1 aliphatic heterocycles. The molecule has 0 bridgehead atoms. The standard InChI is InChI=1S/C14H20F3N3/c1-19-8-5-11(6-9-19)10-20(2)13-12(14(15,16)17)4-3-7-18-13/h3-4,7,11H,5-6,8-10H2,1-2H3. The summed E-state index contributed by atoms with van der Waals surface area (Å²) < 4.78 is 38.9. The van der Waals surface area contributed by atoms with E-state index in [0.29, 0.717) is 12.5 Å². The average Bonchev–Trinajstić information content (AvgIpc) is 2.40. The Bertz CT molecular complexity index is 440. The molecule has 20 heavy (non-hydrogen) atoms. The van der Waals surface area contributed by atoms with Crippen molar-refractivity contribution in [2.24, 2.45) is 5.92 Å². The smallest absolute Gasteiger partial charge is 0.359 e. The molecule has 1 fully saturated rings. The quantitative estimate of drug-likeness (QED) is 0.852. The molecule has 0 radical (unpaired) electrons. The summed E-state index contributed by atoms with van der Waals surface area (Å²) in [6, 6.07) is 2.42. The van der Waals surface area contributed by atoms with Crippen molar-refractivity contribution in [2.75, 3.05) is 38.6 Å². The van der Waals surface area contributed by atoms with Gasteiger partial charge in [0.1, 0.15) is 5.82 Å². The highest BCUT2D eigenvalue weighted by atomic mass is 19.4. The topological polar surface area (TPSA) is 19.4 Å². The van der Waals surface area contributed by atoms with Crippen LogP contribution in [-0.2, 0) is 6.18 Å². The van der Waals surface area contributed by atoms with E-state index in [4.69, 9.17) is 0 Å². The SMILES string of the molecule is CN1CCC(CN(C)c2ncccc2C(F)(F)F)CC1. The molecule has 1 aromatic rings. The zero-order valence-electron chi connectivity index (χ0n) is 11.8. The van der Waals surface area contributed by atoms with Gasteiger partial charge in [0.2, 0.25) is 0 Å². The van der Waals surface area contributed by atoms with Crippen molar-refractivity contribution in [2.45, 2.75) is 19.0 Å². The summed E-state index contributed by atoms with van der Waals surface area (Å²) in [5.41, 5.74) is -0.657. The molecule has 6 heteroatoms. The molecule has 2 rings (SSSR count). The van der Waals surface area contributed by atoms with E-state index in [1.165, 1.54) is 12.3 Å². The Labute approximate surface area is 117 Å². The van der Waals surface area contributed by atoms with Crippen LogP contribution in [0.2, 0.25) is 0 Å². The van der Waals surface area contributed by atoms with E-state index in [9.17, 15) is 13.2 Å². The Morgan fingerprint density at radius 1 is 1.35 bits per heavy atom. The Kier molecular flexibility index (Phi) is 4.52. The molecule has 0 atom stereocenters. The third-order valence-corrected chi connectivity index (χ3v) is 3.82. The zero-order valence-corrected chi connectivity index (χ0v) is 11.8. The molecule has 1 aromatic heterocycles. The first-order chi connectivity index (χ1) is 9.38. The number of nitrogens with zero attached hydrogens (tertiary/aromatic N) is 3. The molecule has 0 aliphatic carbocycles. The lowest BCUT2D eigenvalue weighted by molar-refractivity contribution is -0.137. The van der Waals surface area contributed by atoms with Crippen molar-refractivity contribution in [3.63, 3.8) is 0 Å². The van der Waals surface area contributed by atoms with Crippen LogP contribution >= 0.6 is 0 Å². The third-order valence-electron chi connectivity index (χ3n) is 3.82. The third kappa shape index (κ3) is 3.62. The number of alkyl halides is 3. The monoisotopic (exact) mass is 287 g/mol. The molecule has 2 heterocycles. The van der Waals surface area contributed by atoms with Crippen molar-refractivity contribution in [3.8, 4) is 0 Å². The highest BCUT2D eigenvalue weighted by Crippen LogP contribution is 2.35. The highest BCUT2D eigenvalue weighted by Gasteiger charge is 2.35. The number of anilines is 1. The van der Waals surface area contributed by atoms with Gasteiger partial charge < -0.3 is 9.80 Å². The van der Waals surface area contributed by atoms with E-state index < -0.39 is 11.7 Å². The zero-order chi connectivity index (χ0) is 14.8. The number of likely N-dealkylation sites (tertiary alicyclic amines) is 1. The van der Waals surface area contributed by atoms with E-state index in [1.54, 1.807) is 11.9 Å². The first kappa shape index (κ1) is 15.1. The largest absolute Gasteiger partial charge is 0.419 e. The van der Waals surface area contributed by atoms with Crippen LogP contribution in [0.25, 0.3) is 0 Å². The fraction of sp³-hybridized carbons (Fsp3) is 0.643. The summed E-state index contributed by atoms with van der Waals surface area (Å²) in [6.45, 7) is 2.63. The highest BCUT2D eigenvalue weighted by molar-refractivity contribution is 5.47. The van der Waals surface area contributed by atoms with Gasteiger partial charge in [0.15, 0.2) is 0 Å². The summed E-state index contributed by atoms with van der Waals surface area (Å²) in [5, 5.41) is 0. The van der Waals surface area contributed by atoms with Crippen molar-refractivity contribution in [1.82, 2.24) is 9.88 Å². The Morgan fingerprint density at radius 3 is 2.60 bits per heavy atom. The van der Waals surface area contributed by atoms with E-state index in [0.717, 1.165) is 32.0 Å². The van der Waals surface area contributed by atoms with Crippen LogP contribution in [0.3, 0.4) is 0 Å². The Balaban J connectivity index is 2.08. The normalized spacial score (nSPS) is 18.2. The van der Waals surface area contributed by atoms with Gasteiger partial charge in [-0.25, -0.2) is 4.98 Å². The molecular weight excluding hydrogens is 267 g/mol. The van der Waals surface area contributed by atoms with Gasteiger partial charge in [-0.2, -0.15) is 13.2 Å². The summed E-state index contributed by atoms with van der Waals surface area (Å²) >= 11 is 0. The van der Waals surface area contributed by atoms with Crippen LogP contribution in [0.4, 0.5) is 19.0 Å². The number of aromatic nitrogens is 1. The fourth-order valence-corrected chi connectivity index (χ4v) is 2.64. The Hall–Kier alpha value is -1.30. The van der Waals surface area contributed by atoms with Crippen LogP contribution < -0.4 is 4.90 Å². The lowest BCUT2D eigenvalue weighted by Gasteiger charge is -2.32. The number of halogens is 3. The summed E-state index contributed by atoms with van der Waals surface area (Å²) in [5.74, 6) is 0.457. The van der Waals surface area contributed by atoms with Crippen LogP contribution in [0.5, 0.6) is 0 Å². The Morgan fingerprint density at radius 2 is 2.00 bits per heavy atom. The van der Waals surface area contributed by atoms with Gasteiger partial charge in [-0.1, -0.05) is 0 Å². The van der Waals surface area contributed by atoms with Gasteiger partial charge in [-0.15, -0.1) is 0 Å². The van der Waals surface area contributed by atoms with E-state index in [-0.39, 0.29) is 5.82 Å². The van der Waals surface area contributed by atoms with Crippen molar-refractivity contribution < 1.29 is 13.2 Å². The summed E-state index contributed by atoms with van der Waals surface area (Å²) in [4.78, 5) is 7.81. The van der Waals surface area contributed by atoms with Crippen molar-refractivity contribution >= 4 is 5.82 Å². The molecule has 1 saturated heterocycles. The van der Waals surface area contributed by atoms with E-state index in [1.807, 2.05) is 0 Å². The minimum absolute atomic E-state index is 0.0268. The van der Waals surface area contributed by atoms with Crippen LogP contribution in [0.1, 0.15) is 18.4 Å². The van der Waals surface area contributed by atoms with Crippen LogP contribution in [0.15, 0.2) is 18.3 Å². The summed E-state index contributed by atoms with van der Waals surface area (Å²) in [6.07, 6.45) is -0.898. The molecule has 0 amide bonds. The molecule has 1 aliphatic rings. The molecule has 0 aromatic carbocycles. The van der Waals surface area contributed by atoms with Gasteiger partial charge in [0.25, 0.3) is 0 Å². The van der Waals surface area contributed by atoms with Gasteiger partial charge >= 0.3 is 6.18 Å². The second-order valence-corrected chi connectivity index (χ2v) is 5.50. The minimum Gasteiger partial charge on any atom is -0.359 e. The van der Waals surface area contributed by atoms with E-state index >= 15 is 0 Å². The molecule has 0 saturated carbocycles. The fourth-order valence-electron chi connectivity index (χ4n) is 2.64. The second-order valence-electron chi connectivity index (χ2n) is 5.50. The number of hydrogen-bond acceptors (Lipinski definition) is 3. The predicted octanol–water partition coefficient (Wildman–Crippen LogP) is 2.88.